The van der Waals surface area contributed by atoms with Crippen molar-refractivity contribution in [2.24, 2.45) is 0 Å². The van der Waals surface area contributed by atoms with E-state index in [9.17, 15) is 15.0 Å². The Morgan fingerprint density at radius 2 is 1.90 bits per heavy atom. The molecule has 2 N–H and O–H groups in total. The minimum atomic E-state index is -0.933. The lowest BCUT2D eigenvalue weighted by Crippen LogP contribution is -2.09. The molecule has 29 heavy (non-hydrogen) atoms. The summed E-state index contributed by atoms with van der Waals surface area (Å²) in [6.07, 6.45) is 2.88. The predicted molar refractivity (Wildman–Crippen MR) is 115 cm³/mol. The second-order valence-corrected chi connectivity index (χ2v) is 8.13. The fourth-order valence-electron chi connectivity index (χ4n) is 3.07. The molecule has 0 aliphatic rings. The first-order chi connectivity index (χ1) is 14.0. The molecule has 5 nitrogen and oxygen atoms in total. The van der Waals surface area contributed by atoms with Crippen LogP contribution in [-0.4, -0.2) is 25.7 Å². The fourth-order valence-corrected chi connectivity index (χ4v) is 4.27. The molecule has 0 saturated heterocycles. The van der Waals surface area contributed by atoms with Crippen molar-refractivity contribution in [2.45, 2.75) is 49.1 Å². The van der Waals surface area contributed by atoms with Crippen molar-refractivity contribution in [2.75, 3.05) is 0 Å². The number of hydrogen-bond acceptors (Lipinski definition) is 4. The number of aromatic carboxylic acids is 1. The van der Waals surface area contributed by atoms with Crippen LogP contribution in [0, 0.1) is 0 Å². The number of nitrogens with zero attached hydrogens (tertiary/aromatic N) is 2. The van der Waals surface area contributed by atoms with Gasteiger partial charge in [-0.05, 0) is 36.2 Å². The Bertz CT molecular complexity index is 986. The Kier molecular flexibility index (Phi) is 7.36. The number of aliphatic hydroxyl groups is 1. The minimum Gasteiger partial charge on any atom is -0.478 e. The number of imidazole rings is 1. The molecule has 0 bridgehead atoms. The Balaban J connectivity index is 1.79. The number of aliphatic hydroxyl groups excluding tert-OH is 1. The molecule has 0 radical (unpaired) electrons. The summed E-state index contributed by atoms with van der Waals surface area (Å²) in [4.78, 5) is 17.5. The van der Waals surface area contributed by atoms with E-state index in [-0.39, 0.29) is 6.61 Å². The first kappa shape index (κ1) is 21.4. The number of carboxylic acid groups (broad SMARTS) is 1. The highest BCUT2D eigenvalue weighted by molar-refractivity contribution is 7.99. The lowest BCUT2D eigenvalue weighted by Gasteiger charge is -2.12. The zero-order valence-corrected chi connectivity index (χ0v) is 17.7. The number of aryl methyl sites for hydroxylation is 1. The van der Waals surface area contributed by atoms with E-state index in [0.29, 0.717) is 27.9 Å². The molecule has 0 unspecified atom stereocenters. The quantitative estimate of drug-likeness (QED) is 0.483. The van der Waals surface area contributed by atoms with E-state index < -0.39 is 5.97 Å². The third kappa shape index (κ3) is 5.21. The Labute approximate surface area is 179 Å². The van der Waals surface area contributed by atoms with Gasteiger partial charge in [-0.15, -0.1) is 0 Å². The van der Waals surface area contributed by atoms with Gasteiger partial charge in [0.25, 0.3) is 0 Å². The maximum absolute atomic E-state index is 11.4. The van der Waals surface area contributed by atoms with Gasteiger partial charge in [0.15, 0.2) is 5.15 Å². The number of carbonyl (C=O) groups is 1. The second kappa shape index (κ2) is 9.96. The summed E-state index contributed by atoms with van der Waals surface area (Å²) in [6.45, 7) is 2.55. The van der Waals surface area contributed by atoms with Crippen LogP contribution < -0.4 is 0 Å². The topological polar surface area (TPSA) is 75.4 Å². The van der Waals surface area contributed by atoms with Crippen molar-refractivity contribution in [1.29, 1.82) is 0 Å². The van der Waals surface area contributed by atoms with Gasteiger partial charge >= 0.3 is 5.97 Å². The van der Waals surface area contributed by atoms with Gasteiger partial charge in [-0.2, -0.15) is 0 Å². The highest BCUT2D eigenvalue weighted by Gasteiger charge is 2.15. The number of halogens is 1. The van der Waals surface area contributed by atoms with Gasteiger partial charge in [0.05, 0.1) is 17.9 Å². The summed E-state index contributed by atoms with van der Waals surface area (Å²) in [7, 11) is 0. The van der Waals surface area contributed by atoms with Gasteiger partial charge in [0.1, 0.15) is 5.82 Å². The fraction of sp³-hybridized carbons (Fsp3) is 0.273. The van der Waals surface area contributed by atoms with E-state index in [0.717, 1.165) is 35.5 Å². The second-order valence-electron chi connectivity index (χ2n) is 6.66. The van der Waals surface area contributed by atoms with E-state index >= 15 is 0 Å². The highest BCUT2D eigenvalue weighted by Crippen LogP contribution is 2.31. The summed E-state index contributed by atoms with van der Waals surface area (Å²) < 4.78 is 1.99. The lowest BCUT2D eigenvalue weighted by atomic mass is 10.2. The standard InChI is InChI=1S/C22H23ClN2O3S/c1-2-3-8-20-24-21(23)18(14-26)25(20)13-15-9-11-16(12-10-15)29-19-7-5-4-6-17(19)22(27)28/h4-7,9-12,26H,2-3,8,13-14H2,1H3,(H,27,28). The molecule has 0 amide bonds. The smallest absolute Gasteiger partial charge is 0.336 e. The van der Waals surface area contributed by atoms with E-state index in [1.807, 2.05) is 41.0 Å². The average molecular weight is 431 g/mol. The number of hydrogen-bond donors (Lipinski definition) is 2. The van der Waals surface area contributed by atoms with Gasteiger partial charge in [0, 0.05) is 22.8 Å². The molecule has 0 saturated carbocycles. The molecule has 1 heterocycles. The maximum Gasteiger partial charge on any atom is 0.336 e. The van der Waals surface area contributed by atoms with E-state index in [1.165, 1.54) is 11.8 Å². The van der Waals surface area contributed by atoms with E-state index in [2.05, 4.69) is 11.9 Å². The molecule has 0 aliphatic heterocycles. The number of unbranched alkanes of at least 4 members (excludes halogenated alkanes) is 1. The zero-order valence-electron chi connectivity index (χ0n) is 16.1. The molecule has 0 fully saturated rings. The van der Waals surface area contributed by atoms with Crippen molar-refractivity contribution in [3.05, 3.63) is 76.3 Å². The maximum atomic E-state index is 11.4. The Hall–Kier alpha value is -2.28. The summed E-state index contributed by atoms with van der Waals surface area (Å²) in [5, 5.41) is 19.4. The van der Waals surface area contributed by atoms with Gasteiger partial charge in [0.2, 0.25) is 0 Å². The first-order valence-corrected chi connectivity index (χ1v) is 10.7. The number of carboxylic acids is 1. The SMILES string of the molecule is CCCCc1nc(Cl)c(CO)n1Cc1ccc(Sc2ccccc2C(=O)O)cc1. The van der Waals surface area contributed by atoms with Crippen molar-refractivity contribution in [3.63, 3.8) is 0 Å². The van der Waals surface area contributed by atoms with Gasteiger partial charge in [-0.25, -0.2) is 9.78 Å². The van der Waals surface area contributed by atoms with Crippen LogP contribution in [0.1, 0.15) is 47.2 Å². The van der Waals surface area contributed by atoms with Crippen LogP contribution in [-0.2, 0) is 19.6 Å². The average Bonchev–Trinajstić information content (AvgIpc) is 3.02. The summed E-state index contributed by atoms with van der Waals surface area (Å²) in [5.41, 5.74) is 1.98. The highest BCUT2D eigenvalue weighted by atomic mass is 35.5. The molecule has 1 aromatic heterocycles. The largest absolute Gasteiger partial charge is 0.478 e. The van der Waals surface area contributed by atoms with Crippen LogP contribution in [0.4, 0.5) is 0 Å². The third-order valence-electron chi connectivity index (χ3n) is 4.62. The first-order valence-electron chi connectivity index (χ1n) is 9.47. The minimum absolute atomic E-state index is 0.155. The van der Waals surface area contributed by atoms with Gasteiger partial charge in [-0.3, -0.25) is 0 Å². The molecule has 0 aliphatic carbocycles. The van der Waals surface area contributed by atoms with Crippen LogP contribution in [0.25, 0.3) is 0 Å². The van der Waals surface area contributed by atoms with E-state index in [4.69, 9.17) is 11.6 Å². The van der Waals surface area contributed by atoms with Crippen molar-refractivity contribution in [1.82, 2.24) is 9.55 Å². The normalized spacial score (nSPS) is 11.0. The molecule has 3 aromatic rings. The van der Waals surface area contributed by atoms with Crippen LogP contribution in [0.3, 0.4) is 0 Å². The summed E-state index contributed by atoms with van der Waals surface area (Å²) >= 11 is 7.63. The Morgan fingerprint density at radius 1 is 1.17 bits per heavy atom. The summed E-state index contributed by atoms with van der Waals surface area (Å²) in [6, 6.07) is 14.9. The van der Waals surface area contributed by atoms with Crippen LogP contribution in [0.15, 0.2) is 58.3 Å². The summed E-state index contributed by atoms with van der Waals surface area (Å²) in [5.74, 6) is -0.0485. The Morgan fingerprint density at radius 3 is 2.55 bits per heavy atom. The van der Waals surface area contributed by atoms with Gasteiger partial charge in [-0.1, -0.05) is 61.0 Å². The number of rotatable bonds is 9. The number of benzene rings is 2. The van der Waals surface area contributed by atoms with Crippen LogP contribution in [0.2, 0.25) is 5.15 Å². The van der Waals surface area contributed by atoms with E-state index in [1.54, 1.807) is 12.1 Å². The monoisotopic (exact) mass is 430 g/mol. The van der Waals surface area contributed by atoms with Gasteiger partial charge < -0.3 is 14.8 Å². The zero-order chi connectivity index (χ0) is 20.8. The molecule has 152 valence electrons. The third-order valence-corrected chi connectivity index (χ3v) is 6.00. The van der Waals surface area contributed by atoms with Crippen molar-refractivity contribution >= 4 is 29.3 Å². The predicted octanol–water partition coefficient (Wildman–Crippen LogP) is 5.27. The molecule has 0 spiro atoms. The van der Waals surface area contributed by atoms with Crippen LogP contribution in [0.5, 0.6) is 0 Å². The number of aromatic nitrogens is 2. The van der Waals surface area contributed by atoms with Crippen molar-refractivity contribution in [3.8, 4) is 0 Å². The molecule has 2 aromatic carbocycles. The lowest BCUT2D eigenvalue weighted by molar-refractivity contribution is 0.0693. The molecule has 7 heteroatoms. The molecular formula is C22H23ClN2O3S. The molecular weight excluding hydrogens is 408 g/mol. The van der Waals surface area contributed by atoms with Crippen LogP contribution >= 0.6 is 23.4 Å². The molecule has 3 rings (SSSR count). The van der Waals surface area contributed by atoms with Crippen molar-refractivity contribution < 1.29 is 15.0 Å². The molecule has 0 atom stereocenters.